The molecule has 1 aliphatic carbocycles. The molecule has 0 aromatic heterocycles. The summed E-state index contributed by atoms with van der Waals surface area (Å²) in [4.78, 5) is 14.1. The van der Waals surface area contributed by atoms with Gasteiger partial charge in [-0.05, 0) is 37.6 Å². The van der Waals surface area contributed by atoms with E-state index in [1.807, 2.05) is 18.2 Å². The van der Waals surface area contributed by atoms with Crippen LogP contribution >= 0.6 is 0 Å². The monoisotopic (exact) mass is 319 g/mol. The van der Waals surface area contributed by atoms with Gasteiger partial charge in [-0.3, -0.25) is 9.69 Å². The topological polar surface area (TPSA) is 59.0 Å². The SMILES string of the molecule is COc1cc(C2(C(=O)O)CCCCC2)ccc1OC1CN(C)C1. The molecule has 0 unspecified atom stereocenters. The summed E-state index contributed by atoms with van der Waals surface area (Å²) < 4.78 is 11.4. The minimum absolute atomic E-state index is 0.183. The molecule has 1 heterocycles. The van der Waals surface area contributed by atoms with Gasteiger partial charge >= 0.3 is 5.97 Å². The Bertz CT molecular complexity index is 574. The standard InChI is InChI=1S/C18H25NO4/c1-19-11-14(12-19)23-15-7-6-13(10-16(15)22-2)18(17(20)21)8-4-3-5-9-18/h6-7,10,14H,3-5,8-9,11-12H2,1-2H3,(H,20,21). The number of nitrogens with zero attached hydrogens (tertiary/aromatic N) is 1. The molecule has 1 aromatic rings. The Hall–Kier alpha value is -1.75. The minimum atomic E-state index is -0.777. The zero-order valence-corrected chi connectivity index (χ0v) is 13.9. The highest BCUT2D eigenvalue weighted by Crippen LogP contribution is 2.42. The van der Waals surface area contributed by atoms with Crippen molar-refractivity contribution >= 4 is 5.97 Å². The highest BCUT2D eigenvalue weighted by atomic mass is 16.5. The molecule has 0 amide bonds. The van der Waals surface area contributed by atoms with Crippen LogP contribution in [0.1, 0.15) is 37.7 Å². The molecule has 0 atom stereocenters. The predicted octanol–water partition coefficient (Wildman–Crippen LogP) is 2.67. The number of ether oxygens (including phenoxy) is 2. The summed E-state index contributed by atoms with van der Waals surface area (Å²) in [5.74, 6) is 0.600. The zero-order chi connectivity index (χ0) is 16.4. The normalized spacial score (nSPS) is 21.5. The third-order valence-corrected chi connectivity index (χ3v) is 5.16. The van der Waals surface area contributed by atoms with Crippen LogP contribution in [0.4, 0.5) is 0 Å². The molecular formula is C18H25NO4. The number of likely N-dealkylation sites (tertiary alicyclic amines) is 1. The molecule has 2 fully saturated rings. The van der Waals surface area contributed by atoms with Crippen LogP contribution in [0.2, 0.25) is 0 Å². The van der Waals surface area contributed by atoms with Gasteiger partial charge in [0, 0.05) is 13.1 Å². The number of carboxylic acids is 1. The Balaban J connectivity index is 1.86. The first-order valence-corrected chi connectivity index (χ1v) is 8.32. The Kier molecular flexibility index (Phi) is 4.48. The van der Waals surface area contributed by atoms with Gasteiger partial charge in [0.15, 0.2) is 11.5 Å². The van der Waals surface area contributed by atoms with Crippen molar-refractivity contribution in [2.75, 3.05) is 27.2 Å². The van der Waals surface area contributed by atoms with E-state index < -0.39 is 11.4 Å². The van der Waals surface area contributed by atoms with E-state index >= 15 is 0 Å². The molecule has 23 heavy (non-hydrogen) atoms. The van der Waals surface area contributed by atoms with Crippen LogP contribution in [0, 0.1) is 0 Å². The fraction of sp³-hybridized carbons (Fsp3) is 0.611. The van der Waals surface area contributed by atoms with Crippen LogP contribution in [0.15, 0.2) is 18.2 Å². The number of likely N-dealkylation sites (N-methyl/N-ethyl adjacent to an activating group) is 1. The highest BCUT2D eigenvalue weighted by molar-refractivity contribution is 5.82. The second kappa shape index (κ2) is 6.40. The summed E-state index contributed by atoms with van der Waals surface area (Å²) >= 11 is 0. The van der Waals surface area contributed by atoms with E-state index in [1.54, 1.807) is 7.11 Å². The predicted molar refractivity (Wildman–Crippen MR) is 87.3 cm³/mol. The van der Waals surface area contributed by atoms with E-state index in [0.717, 1.165) is 37.9 Å². The lowest BCUT2D eigenvalue weighted by Crippen LogP contribution is -2.51. The molecule has 0 radical (unpaired) electrons. The molecule has 2 aliphatic rings. The number of benzene rings is 1. The van der Waals surface area contributed by atoms with Gasteiger partial charge < -0.3 is 14.6 Å². The first-order chi connectivity index (χ1) is 11.0. The third-order valence-electron chi connectivity index (χ3n) is 5.16. The van der Waals surface area contributed by atoms with E-state index in [2.05, 4.69) is 11.9 Å². The van der Waals surface area contributed by atoms with Gasteiger partial charge in [-0.1, -0.05) is 25.3 Å². The molecule has 1 aromatic carbocycles. The van der Waals surface area contributed by atoms with Crippen molar-refractivity contribution in [3.63, 3.8) is 0 Å². The van der Waals surface area contributed by atoms with Crippen LogP contribution in [-0.2, 0) is 10.2 Å². The summed E-state index contributed by atoms with van der Waals surface area (Å²) in [7, 11) is 3.66. The Labute approximate surface area is 137 Å². The van der Waals surface area contributed by atoms with Gasteiger partial charge in [0.1, 0.15) is 6.10 Å². The minimum Gasteiger partial charge on any atom is -0.493 e. The van der Waals surface area contributed by atoms with Gasteiger partial charge in [-0.25, -0.2) is 0 Å². The zero-order valence-electron chi connectivity index (χ0n) is 13.9. The first kappa shape index (κ1) is 16.1. The Morgan fingerprint density at radius 3 is 2.48 bits per heavy atom. The average molecular weight is 319 g/mol. The Morgan fingerprint density at radius 2 is 1.91 bits per heavy atom. The third kappa shape index (κ3) is 3.02. The molecule has 1 N–H and O–H groups in total. The lowest BCUT2D eigenvalue weighted by atomic mass is 9.69. The number of methoxy groups -OCH3 is 1. The summed E-state index contributed by atoms with van der Waals surface area (Å²) in [6.07, 6.45) is 4.60. The number of aliphatic carboxylic acids is 1. The lowest BCUT2D eigenvalue weighted by molar-refractivity contribution is -0.145. The molecule has 5 nitrogen and oxygen atoms in total. The van der Waals surface area contributed by atoms with Crippen LogP contribution in [0.25, 0.3) is 0 Å². The molecule has 1 aliphatic heterocycles. The summed E-state index contributed by atoms with van der Waals surface area (Å²) in [5, 5.41) is 9.82. The number of carboxylic acid groups (broad SMARTS) is 1. The fourth-order valence-electron chi connectivity index (χ4n) is 3.74. The summed E-state index contributed by atoms with van der Waals surface area (Å²) in [6, 6.07) is 5.63. The number of rotatable bonds is 5. The van der Waals surface area contributed by atoms with E-state index in [4.69, 9.17) is 9.47 Å². The van der Waals surface area contributed by atoms with Crippen molar-refractivity contribution in [1.29, 1.82) is 0 Å². The smallest absolute Gasteiger partial charge is 0.314 e. The van der Waals surface area contributed by atoms with Gasteiger partial charge in [0.05, 0.1) is 12.5 Å². The van der Waals surface area contributed by atoms with Gasteiger partial charge in [-0.15, -0.1) is 0 Å². The van der Waals surface area contributed by atoms with Crippen molar-refractivity contribution < 1.29 is 19.4 Å². The maximum Gasteiger partial charge on any atom is 0.314 e. The molecule has 0 spiro atoms. The maximum atomic E-state index is 12.0. The number of hydrogen-bond donors (Lipinski definition) is 1. The van der Waals surface area contributed by atoms with Crippen LogP contribution in [0.3, 0.4) is 0 Å². The van der Waals surface area contributed by atoms with Crippen LogP contribution < -0.4 is 9.47 Å². The average Bonchev–Trinajstić information content (AvgIpc) is 2.54. The van der Waals surface area contributed by atoms with Crippen molar-refractivity contribution in [3.8, 4) is 11.5 Å². The molecule has 1 saturated heterocycles. The molecule has 0 bridgehead atoms. The molecule has 126 valence electrons. The largest absolute Gasteiger partial charge is 0.493 e. The quantitative estimate of drug-likeness (QED) is 0.904. The van der Waals surface area contributed by atoms with E-state index in [0.29, 0.717) is 24.3 Å². The molecular weight excluding hydrogens is 294 g/mol. The van der Waals surface area contributed by atoms with Crippen molar-refractivity contribution in [1.82, 2.24) is 4.90 Å². The van der Waals surface area contributed by atoms with Crippen LogP contribution in [0.5, 0.6) is 11.5 Å². The highest BCUT2D eigenvalue weighted by Gasteiger charge is 2.41. The fourth-order valence-corrected chi connectivity index (χ4v) is 3.74. The van der Waals surface area contributed by atoms with Gasteiger partial charge in [-0.2, -0.15) is 0 Å². The van der Waals surface area contributed by atoms with Crippen molar-refractivity contribution in [2.45, 2.75) is 43.6 Å². The van der Waals surface area contributed by atoms with E-state index in [-0.39, 0.29) is 6.10 Å². The van der Waals surface area contributed by atoms with Crippen molar-refractivity contribution in [2.24, 2.45) is 0 Å². The van der Waals surface area contributed by atoms with Gasteiger partial charge in [0.25, 0.3) is 0 Å². The lowest BCUT2D eigenvalue weighted by Gasteiger charge is -2.37. The van der Waals surface area contributed by atoms with Crippen molar-refractivity contribution in [3.05, 3.63) is 23.8 Å². The number of carbonyl (C=O) groups is 1. The van der Waals surface area contributed by atoms with E-state index in [1.165, 1.54) is 0 Å². The molecule has 3 rings (SSSR count). The maximum absolute atomic E-state index is 12.0. The number of hydrogen-bond acceptors (Lipinski definition) is 4. The molecule has 1 saturated carbocycles. The first-order valence-electron chi connectivity index (χ1n) is 8.32. The van der Waals surface area contributed by atoms with Crippen LogP contribution in [-0.4, -0.2) is 49.3 Å². The summed E-state index contributed by atoms with van der Waals surface area (Å²) in [6.45, 7) is 1.81. The van der Waals surface area contributed by atoms with Gasteiger partial charge in [0.2, 0.25) is 0 Å². The second-order valence-corrected chi connectivity index (χ2v) is 6.77. The Morgan fingerprint density at radius 1 is 1.22 bits per heavy atom. The second-order valence-electron chi connectivity index (χ2n) is 6.77. The summed E-state index contributed by atoms with van der Waals surface area (Å²) in [5.41, 5.74) is 0.0560. The molecule has 5 heteroatoms. The van der Waals surface area contributed by atoms with E-state index in [9.17, 15) is 9.90 Å².